The Morgan fingerprint density at radius 3 is 2.33 bits per heavy atom. The molecule has 4 heteroatoms. The Labute approximate surface area is 200 Å². The van der Waals surface area contributed by atoms with Gasteiger partial charge in [-0.2, -0.15) is 0 Å². The summed E-state index contributed by atoms with van der Waals surface area (Å²) in [7, 11) is 0. The zero-order valence-electron chi connectivity index (χ0n) is 22.1. The number of carboxylic acid groups (broad SMARTS) is 1. The highest BCUT2D eigenvalue weighted by atomic mass is 16.5. The second-order valence-electron chi connectivity index (χ2n) is 13.2. The minimum atomic E-state index is -0.667. The molecule has 1 N–H and O–H groups in total. The number of carboxylic acids is 1. The molecule has 4 aliphatic carbocycles. The van der Waals surface area contributed by atoms with Gasteiger partial charge in [0.25, 0.3) is 0 Å². The second-order valence-corrected chi connectivity index (χ2v) is 13.2. The number of rotatable bonds is 5. The molecule has 0 aromatic carbocycles. The molecule has 0 amide bonds. The summed E-state index contributed by atoms with van der Waals surface area (Å²) in [5, 5.41) is 9.22. The summed E-state index contributed by atoms with van der Waals surface area (Å²) in [6.45, 7) is 16.1. The van der Waals surface area contributed by atoms with Crippen molar-refractivity contribution in [2.45, 2.75) is 119 Å². The average molecular weight is 459 g/mol. The normalized spacial score (nSPS) is 42.7. The molecule has 0 aromatic rings. The van der Waals surface area contributed by atoms with Gasteiger partial charge in [0.05, 0.1) is 0 Å². The first-order valence-electron chi connectivity index (χ1n) is 13.4. The zero-order chi connectivity index (χ0) is 24.4. The maximum absolute atomic E-state index is 11.8. The summed E-state index contributed by atoms with van der Waals surface area (Å²) >= 11 is 0. The Kier molecular flexibility index (Phi) is 6.10. The van der Waals surface area contributed by atoms with Crippen molar-refractivity contribution in [3.05, 3.63) is 11.1 Å². The van der Waals surface area contributed by atoms with Crippen LogP contribution in [0.1, 0.15) is 113 Å². The number of ether oxygens (including phenoxy) is 1. The fourth-order valence-electron chi connectivity index (χ4n) is 9.58. The van der Waals surface area contributed by atoms with Gasteiger partial charge in [0.2, 0.25) is 0 Å². The summed E-state index contributed by atoms with van der Waals surface area (Å²) in [6, 6.07) is 0. The van der Waals surface area contributed by atoms with Gasteiger partial charge < -0.3 is 9.84 Å². The molecule has 0 spiro atoms. The van der Waals surface area contributed by atoms with Gasteiger partial charge in [-0.25, -0.2) is 0 Å². The lowest BCUT2D eigenvalue weighted by Crippen LogP contribution is -2.55. The van der Waals surface area contributed by atoms with Crippen molar-refractivity contribution < 1.29 is 19.4 Å². The summed E-state index contributed by atoms with van der Waals surface area (Å²) in [5.74, 6) is 0.793. The van der Waals surface area contributed by atoms with E-state index in [0.717, 1.165) is 19.3 Å². The van der Waals surface area contributed by atoms with Gasteiger partial charge in [-0.15, -0.1) is 0 Å². The molecular formula is C29H46O4. The molecule has 186 valence electrons. The monoisotopic (exact) mass is 458 g/mol. The van der Waals surface area contributed by atoms with Crippen LogP contribution in [0.2, 0.25) is 0 Å². The van der Waals surface area contributed by atoms with Crippen LogP contribution < -0.4 is 0 Å². The van der Waals surface area contributed by atoms with Crippen LogP contribution in [0.3, 0.4) is 0 Å². The SMILES string of the molecule is CC(=O)OC1CC[C@]2(C)C3=C(CCC2C1(C)C)[C@]1(C)CCC(C(C)CCC(=O)O)[C@@]1(C)CC3. The van der Waals surface area contributed by atoms with Crippen molar-refractivity contribution in [2.75, 3.05) is 0 Å². The molecule has 33 heavy (non-hydrogen) atoms. The zero-order valence-corrected chi connectivity index (χ0v) is 22.1. The third-order valence-electron chi connectivity index (χ3n) is 11.6. The maximum atomic E-state index is 11.8. The van der Waals surface area contributed by atoms with Crippen LogP contribution in [-0.2, 0) is 14.3 Å². The van der Waals surface area contributed by atoms with Crippen LogP contribution in [0, 0.1) is 39.4 Å². The first-order valence-corrected chi connectivity index (χ1v) is 13.4. The van der Waals surface area contributed by atoms with Gasteiger partial charge in [0.15, 0.2) is 0 Å². The summed E-state index contributed by atoms with van der Waals surface area (Å²) in [5.41, 5.74) is 4.18. The Morgan fingerprint density at radius 2 is 1.70 bits per heavy atom. The minimum absolute atomic E-state index is 0.0115. The number of carbonyl (C=O) groups is 2. The highest BCUT2D eigenvalue weighted by Crippen LogP contribution is 2.72. The van der Waals surface area contributed by atoms with Crippen molar-refractivity contribution in [1.29, 1.82) is 0 Å². The first kappa shape index (κ1) is 24.8. The van der Waals surface area contributed by atoms with Gasteiger partial charge >= 0.3 is 11.9 Å². The predicted octanol–water partition coefficient (Wildman–Crippen LogP) is 7.17. The van der Waals surface area contributed by atoms with E-state index in [1.807, 2.05) is 0 Å². The van der Waals surface area contributed by atoms with E-state index < -0.39 is 5.97 Å². The minimum Gasteiger partial charge on any atom is -0.481 e. The lowest BCUT2D eigenvalue weighted by Gasteiger charge is -2.62. The Hall–Kier alpha value is -1.32. The van der Waals surface area contributed by atoms with Crippen LogP contribution in [0.5, 0.6) is 0 Å². The molecule has 4 aliphatic rings. The Bertz CT molecular complexity index is 856. The number of carbonyl (C=O) groups excluding carboxylic acids is 1. The van der Waals surface area contributed by atoms with E-state index in [1.165, 1.54) is 38.5 Å². The van der Waals surface area contributed by atoms with Crippen LogP contribution in [-0.4, -0.2) is 23.1 Å². The molecule has 4 unspecified atom stereocenters. The van der Waals surface area contributed by atoms with Crippen LogP contribution in [0.4, 0.5) is 0 Å². The van der Waals surface area contributed by atoms with Gasteiger partial charge in [-0.3, -0.25) is 9.59 Å². The maximum Gasteiger partial charge on any atom is 0.303 e. The Morgan fingerprint density at radius 1 is 1.00 bits per heavy atom. The molecule has 0 bridgehead atoms. The van der Waals surface area contributed by atoms with Crippen molar-refractivity contribution in [1.82, 2.24) is 0 Å². The molecule has 7 atom stereocenters. The first-order chi connectivity index (χ1) is 15.3. The summed E-state index contributed by atoms with van der Waals surface area (Å²) in [4.78, 5) is 23.0. The van der Waals surface area contributed by atoms with Gasteiger partial charge in [0.1, 0.15) is 6.10 Å². The molecule has 0 saturated heterocycles. The third kappa shape index (κ3) is 3.60. The highest BCUT2D eigenvalue weighted by molar-refractivity contribution is 5.66. The lowest BCUT2D eigenvalue weighted by molar-refractivity contribution is -0.167. The number of allylic oxidation sites excluding steroid dienone is 2. The van der Waals surface area contributed by atoms with Gasteiger partial charge in [-0.05, 0) is 91.8 Å². The smallest absolute Gasteiger partial charge is 0.303 e. The largest absolute Gasteiger partial charge is 0.481 e. The number of esters is 1. The van der Waals surface area contributed by atoms with Crippen LogP contribution in [0.25, 0.3) is 0 Å². The number of aliphatic carboxylic acids is 1. The molecule has 0 aliphatic heterocycles. The van der Waals surface area contributed by atoms with E-state index in [-0.39, 0.29) is 40.2 Å². The van der Waals surface area contributed by atoms with Crippen LogP contribution >= 0.6 is 0 Å². The number of fused-ring (bicyclic) bond motifs is 4. The second kappa shape index (κ2) is 8.12. The van der Waals surface area contributed by atoms with Gasteiger partial charge in [0, 0.05) is 18.8 Å². The van der Waals surface area contributed by atoms with Crippen molar-refractivity contribution >= 4 is 11.9 Å². The summed E-state index contributed by atoms with van der Waals surface area (Å²) < 4.78 is 5.83. The number of hydrogen-bond acceptors (Lipinski definition) is 3. The standard InChI is InChI=1S/C29H46O4/c1-18(8-11-25(31)32)20-12-16-29(7)22-9-10-23-26(3,4)24(33-19(2)30)14-15-27(23,5)21(22)13-17-28(20,29)6/h18,20,23-24H,8-17H2,1-7H3,(H,31,32)/t18?,20?,23?,24?,27-,28-,29+/m1/s1. The summed E-state index contributed by atoms with van der Waals surface area (Å²) in [6.07, 6.45) is 10.4. The van der Waals surface area contributed by atoms with Gasteiger partial charge in [-0.1, -0.05) is 52.7 Å². The van der Waals surface area contributed by atoms with E-state index >= 15 is 0 Å². The topological polar surface area (TPSA) is 63.6 Å². The van der Waals surface area contributed by atoms with Crippen molar-refractivity contribution in [2.24, 2.45) is 39.4 Å². The molecule has 0 radical (unpaired) electrons. The quantitative estimate of drug-likeness (QED) is 0.350. The third-order valence-corrected chi connectivity index (χ3v) is 11.6. The van der Waals surface area contributed by atoms with Crippen LogP contribution in [0.15, 0.2) is 11.1 Å². The molecule has 0 heterocycles. The Balaban J connectivity index is 1.65. The van der Waals surface area contributed by atoms with Crippen molar-refractivity contribution in [3.63, 3.8) is 0 Å². The molecule has 4 nitrogen and oxygen atoms in total. The van der Waals surface area contributed by atoms with E-state index in [4.69, 9.17) is 4.74 Å². The predicted molar refractivity (Wildman–Crippen MR) is 131 cm³/mol. The highest BCUT2D eigenvalue weighted by Gasteiger charge is 2.63. The fraction of sp³-hybridized carbons (Fsp3) is 0.862. The molecular weight excluding hydrogens is 412 g/mol. The van der Waals surface area contributed by atoms with E-state index in [0.29, 0.717) is 17.8 Å². The average Bonchev–Trinajstić information content (AvgIpc) is 3.00. The molecule has 0 aromatic heterocycles. The lowest BCUT2D eigenvalue weighted by atomic mass is 9.43. The molecule has 2 saturated carbocycles. The molecule has 4 rings (SSSR count). The number of hydrogen-bond donors (Lipinski definition) is 1. The molecule has 2 fully saturated rings. The fourth-order valence-corrected chi connectivity index (χ4v) is 9.58. The van der Waals surface area contributed by atoms with E-state index in [9.17, 15) is 14.7 Å². The van der Waals surface area contributed by atoms with E-state index in [1.54, 1.807) is 18.1 Å². The van der Waals surface area contributed by atoms with Crippen molar-refractivity contribution in [3.8, 4) is 0 Å². The van der Waals surface area contributed by atoms with E-state index in [2.05, 4.69) is 41.5 Å².